The number of hydrogen-bond acceptors (Lipinski definition) is 4. The van der Waals surface area contributed by atoms with E-state index in [-0.39, 0.29) is 16.4 Å². The van der Waals surface area contributed by atoms with Crippen LogP contribution in [0.1, 0.15) is 10.4 Å². The topological polar surface area (TPSA) is 85.1 Å². The number of nitrogens with zero attached hydrogens (tertiary/aromatic N) is 2. The van der Waals surface area contributed by atoms with Gasteiger partial charge in [0, 0.05) is 15.0 Å². The average Bonchev–Trinajstić information content (AvgIpc) is 2.43. The number of amides is 1. The van der Waals surface area contributed by atoms with Gasteiger partial charge in [-0.05, 0) is 34.1 Å². The molecule has 0 saturated carbocycles. The summed E-state index contributed by atoms with van der Waals surface area (Å²) in [6.07, 6.45) is 0.994. The molecule has 1 N–H and O–H groups in total. The van der Waals surface area contributed by atoms with Crippen LogP contribution >= 0.6 is 43.5 Å². The highest BCUT2D eigenvalue weighted by atomic mass is 79.9. The monoisotopic (exact) mass is 433 g/mol. The predicted molar refractivity (Wildman–Crippen MR) is 85.7 cm³/mol. The van der Waals surface area contributed by atoms with E-state index in [1.807, 2.05) is 0 Å². The van der Waals surface area contributed by atoms with Crippen LogP contribution < -0.4 is 5.32 Å². The van der Waals surface area contributed by atoms with E-state index in [0.29, 0.717) is 10.2 Å². The van der Waals surface area contributed by atoms with Gasteiger partial charge < -0.3 is 5.32 Å². The van der Waals surface area contributed by atoms with E-state index in [9.17, 15) is 14.9 Å². The molecule has 1 heterocycles. The summed E-state index contributed by atoms with van der Waals surface area (Å²) < 4.78 is 1.43. The van der Waals surface area contributed by atoms with Crippen LogP contribution in [0.4, 0.5) is 11.4 Å². The Bertz CT molecular complexity index is 740. The van der Waals surface area contributed by atoms with Crippen molar-refractivity contribution >= 4 is 60.7 Å². The molecule has 1 aromatic carbocycles. The van der Waals surface area contributed by atoms with Crippen molar-refractivity contribution in [1.29, 1.82) is 0 Å². The number of rotatable bonds is 3. The van der Waals surface area contributed by atoms with Crippen molar-refractivity contribution in [3.05, 3.63) is 60.2 Å². The second kappa shape index (κ2) is 6.50. The fourth-order valence-electron chi connectivity index (χ4n) is 1.48. The fraction of sp³-hybridized carbons (Fsp3) is 0. The number of pyridine rings is 1. The van der Waals surface area contributed by atoms with Gasteiger partial charge in [-0.15, -0.1) is 0 Å². The summed E-state index contributed by atoms with van der Waals surface area (Å²) in [4.78, 5) is 25.9. The zero-order valence-electron chi connectivity index (χ0n) is 10.1. The SMILES string of the molecule is O=C(Nc1cc(Br)ccc1Br)c1cc([N+](=O)[O-])cnc1Cl. The van der Waals surface area contributed by atoms with Gasteiger partial charge in [0.1, 0.15) is 11.3 Å². The highest BCUT2D eigenvalue weighted by molar-refractivity contribution is 9.11. The summed E-state index contributed by atoms with van der Waals surface area (Å²) in [5.41, 5.74) is 0.118. The molecule has 0 aliphatic heterocycles. The molecule has 6 nitrogen and oxygen atoms in total. The van der Waals surface area contributed by atoms with E-state index in [4.69, 9.17) is 11.6 Å². The van der Waals surface area contributed by atoms with Gasteiger partial charge in [-0.25, -0.2) is 4.98 Å². The van der Waals surface area contributed by atoms with E-state index in [1.165, 1.54) is 0 Å². The third-order valence-corrected chi connectivity index (χ3v) is 3.94. The lowest BCUT2D eigenvalue weighted by molar-refractivity contribution is -0.385. The normalized spacial score (nSPS) is 10.2. The molecular formula is C12H6Br2ClN3O3. The molecule has 0 fully saturated rings. The maximum atomic E-state index is 12.2. The third kappa shape index (κ3) is 3.78. The molecule has 2 aromatic rings. The number of nitrogens with one attached hydrogen (secondary N) is 1. The Kier molecular flexibility index (Phi) is 4.92. The molecule has 0 saturated heterocycles. The zero-order chi connectivity index (χ0) is 15.6. The van der Waals surface area contributed by atoms with Crippen molar-refractivity contribution in [3.8, 4) is 0 Å². The summed E-state index contributed by atoms with van der Waals surface area (Å²) in [5, 5.41) is 13.2. The largest absolute Gasteiger partial charge is 0.321 e. The molecule has 9 heteroatoms. The summed E-state index contributed by atoms with van der Waals surface area (Å²) >= 11 is 12.4. The standard InChI is InChI=1S/C12H6Br2ClN3O3/c13-6-1-2-9(14)10(3-6)17-12(19)8-4-7(18(20)21)5-16-11(8)15/h1-5H,(H,17,19). The molecule has 1 aromatic heterocycles. The smallest absolute Gasteiger partial charge is 0.288 e. The first-order valence-corrected chi connectivity index (χ1v) is 7.41. The number of carbonyl (C=O) groups is 1. The minimum Gasteiger partial charge on any atom is -0.321 e. The Morgan fingerprint density at radius 1 is 1.33 bits per heavy atom. The Morgan fingerprint density at radius 2 is 2.05 bits per heavy atom. The molecule has 1 amide bonds. The lowest BCUT2D eigenvalue weighted by atomic mass is 10.2. The van der Waals surface area contributed by atoms with E-state index in [2.05, 4.69) is 42.2 Å². The average molecular weight is 435 g/mol. The zero-order valence-corrected chi connectivity index (χ0v) is 14.1. The number of halogens is 3. The van der Waals surface area contributed by atoms with E-state index in [1.54, 1.807) is 18.2 Å². The van der Waals surface area contributed by atoms with Crippen molar-refractivity contribution in [2.24, 2.45) is 0 Å². The summed E-state index contributed by atoms with van der Waals surface area (Å²) in [7, 11) is 0. The van der Waals surface area contributed by atoms with Gasteiger partial charge in [-0.3, -0.25) is 14.9 Å². The van der Waals surface area contributed by atoms with Gasteiger partial charge in [0.05, 0.1) is 16.2 Å². The van der Waals surface area contributed by atoms with Crippen molar-refractivity contribution in [2.45, 2.75) is 0 Å². The van der Waals surface area contributed by atoms with Crippen molar-refractivity contribution < 1.29 is 9.72 Å². The minimum absolute atomic E-state index is 0.0715. The van der Waals surface area contributed by atoms with Crippen molar-refractivity contribution in [1.82, 2.24) is 4.98 Å². The summed E-state index contributed by atoms with van der Waals surface area (Å²) in [6, 6.07) is 6.30. The highest BCUT2D eigenvalue weighted by Gasteiger charge is 2.18. The summed E-state index contributed by atoms with van der Waals surface area (Å²) in [6.45, 7) is 0. The van der Waals surface area contributed by atoms with Gasteiger partial charge in [-0.1, -0.05) is 27.5 Å². The van der Waals surface area contributed by atoms with Gasteiger partial charge >= 0.3 is 0 Å². The molecule has 21 heavy (non-hydrogen) atoms. The number of aromatic nitrogens is 1. The van der Waals surface area contributed by atoms with Crippen LogP contribution in [-0.2, 0) is 0 Å². The molecule has 0 aliphatic rings. The Labute approximate surface area is 140 Å². The number of benzene rings is 1. The van der Waals surface area contributed by atoms with Crippen LogP contribution in [-0.4, -0.2) is 15.8 Å². The predicted octanol–water partition coefficient (Wildman–Crippen LogP) is 4.42. The van der Waals surface area contributed by atoms with Crippen molar-refractivity contribution in [3.63, 3.8) is 0 Å². The lowest BCUT2D eigenvalue weighted by Gasteiger charge is -2.08. The Balaban J connectivity index is 2.34. The number of anilines is 1. The van der Waals surface area contributed by atoms with Gasteiger partial charge in [0.25, 0.3) is 11.6 Å². The van der Waals surface area contributed by atoms with Gasteiger partial charge in [0.15, 0.2) is 0 Å². The molecule has 0 spiro atoms. The maximum Gasteiger partial charge on any atom is 0.288 e. The minimum atomic E-state index is -0.644. The molecule has 2 rings (SSSR count). The molecule has 0 aliphatic carbocycles. The number of carbonyl (C=O) groups excluding carboxylic acids is 1. The van der Waals surface area contributed by atoms with Crippen LogP contribution in [0.2, 0.25) is 5.15 Å². The first-order chi connectivity index (χ1) is 9.88. The third-order valence-electron chi connectivity index (χ3n) is 2.46. The van der Waals surface area contributed by atoms with Crippen LogP contribution in [0.25, 0.3) is 0 Å². The van der Waals surface area contributed by atoms with Crippen LogP contribution in [0.15, 0.2) is 39.4 Å². The molecular weight excluding hydrogens is 429 g/mol. The molecule has 0 unspecified atom stereocenters. The van der Waals surface area contributed by atoms with E-state index < -0.39 is 10.8 Å². The quantitative estimate of drug-likeness (QED) is 0.439. The second-order valence-electron chi connectivity index (χ2n) is 3.87. The fourth-order valence-corrected chi connectivity index (χ4v) is 2.38. The molecule has 0 radical (unpaired) electrons. The highest BCUT2D eigenvalue weighted by Crippen LogP contribution is 2.27. The second-order valence-corrected chi connectivity index (χ2v) is 6.00. The van der Waals surface area contributed by atoms with E-state index >= 15 is 0 Å². The maximum absolute atomic E-state index is 12.2. The molecule has 0 atom stereocenters. The first-order valence-electron chi connectivity index (χ1n) is 5.45. The van der Waals surface area contributed by atoms with E-state index in [0.717, 1.165) is 16.7 Å². The molecule has 108 valence electrons. The van der Waals surface area contributed by atoms with Crippen LogP contribution in [0, 0.1) is 10.1 Å². The Hall–Kier alpha value is -1.51. The van der Waals surface area contributed by atoms with Gasteiger partial charge in [-0.2, -0.15) is 0 Å². The first kappa shape index (κ1) is 15.9. The van der Waals surface area contributed by atoms with Crippen molar-refractivity contribution in [2.75, 3.05) is 5.32 Å². The summed E-state index contributed by atoms with van der Waals surface area (Å²) in [5.74, 6) is -0.588. The van der Waals surface area contributed by atoms with Crippen LogP contribution in [0.3, 0.4) is 0 Å². The number of hydrogen-bond donors (Lipinski definition) is 1. The van der Waals surface area contributed by atoms with Crippen LogP contribution in [0.5, 0.6) is 0 Å². The number of nitro groups is 1. The lowest BCUT2D eigenvalue weighted by Crippen LogP contribution is -2.14. The molecule has 0 bridgehead atoms. The van der Waals surface area contributed by atoms with Gasteiger partial charge in [0.2, 0.25) is 0 Å². The Morgan fingerprint density at radius 3 is 2.71 bits per heavy atom.